The number of carbonyl (C=O) groups excluding carboxylic acids is 2. The SMILES string of the molecule is CCc1ccc(C(C)NC(=O)N2CCC(C(=O)NCc3ccccc3)CC2)cc1. The summed E-state index contributed by atoms with van der Waals surface area (Å²) < 4.78 is 0. The van der Waals surface area contributed by atoms with E-state index in [1.807, 2.05) is 42.2 Å². The molecular weight excluding hydrogens is 362 g/mol. The molecule has 1 unspecified atom stereocenters. The number of benzene rings is 2. The molecule has 1 saturated heterocycles. The molecule has 1 heterocycles. The van der Waals surface area contributed by atoms with E-state index in [9.17, 15) is 9.59 Å². The van der Waals surface area contributed by atoms with Gasteiger partial charge < -0.3 is 15.5 Å². The van der Waals surface area contributed by atoms with E-state index in [4.69, 9.17) is 0 Å². The van der Waals surface area contributed by atoms with E-state index in [1.165, 1.54) is 5.56 Å². The first-order valence-electron chi connectivity index (χ1n) is 10.5. The van der Waals surface area contributed by atoms with Gasteiger partial charge in [-0.3, -0.25) is 4.79 Å². The van der Waals surface area contributed by atoms with Gasteiger partial charge in [0.05, 0.1) is 6.04 Å². The van der Waals surface area contributed by atoms with Gasteiger partial charge in [-0.2, -0.15) is 0 Å². The van der Waals surface area contributed by atoms with E-state index < -0.39 is 0 Å². The molecule has 2 aromatic carbocycles. The third-order valence-electron chi connectivity index (χ3n) is 5.69. The van der Waals surface area contributed by atoms with Crippen LogP contribution in [0.2, 0.25) is 0 Å². The van der Waals surface area contributed by atoms with Crippen LogP contribution in [-0.4, -0.2) is 29.9 Å². The highest BCUT2D eigenvalue weighted by Crippen LogP contribution is 2.19. The average Bonchev–Trinajstić information content (AvgIpc) is 2.78. The van der Waals surface area contributed by atoms with Crippen LogP contribution in [0.4, 0.5) is 4.79 Å². The first-order chi connectivity index (χ1) is 14.1. The molecule has 2 aromatic rings. The van der Waals surface area contributed by atoms with Gasteiger partial charge in [0.1, 0.15) is 0 Å². The molecule has 0 radical (unpaired) electrons. The zero-order valence-corrected chi connectivity index (χ0v) is 17.4. The Bertz CT molecular complexity index is 797. The second kappa shape index (κ2) is 10.1. The number of nitrogens with zero attached hydrogens (tertiary/aromatic N) is 1. The molecule has 0 bridgehead atoms. The fourth-order valence-electron chi connectivity index (χ4n) is 3.68. The minimum absolute atomic E-state index is 0.0261. The summed E-state index contributed by atoms with van der Waals surface area (Å²) in [6, 6.07) is 18.2. The number of carbonyl (C=O) groups is 2. The highest BCUT2D eigenvalue weighted by atomic mass is 16.2. The van der Waals surface area contributed by atoms with Gasteiger partial charge in [0.15, 0.2) is 0 Å². The molecule has 2 N–H and O–H groups in total. The Kier molecular flexibility index (Phi) is 7.28. The van der Waals surface area contributed by atoms with Crippen molar-refractivity contribution in [1.82, 2.24) is 15.5 Å². The van der Waals surface area contributed by atoms with Crippen molar-refractivity contribution in [1.29, 1.82) is 0 Å². The zero-order chi connectivity index (χ0) is 20.6. The Morgan fingerprint density at radius 2 is 1.66 bits per heavy atom. The molecule has 1 atom stereocenters. The van der Waals surface area contributed by atoms with Gasteiger partial charge in [0.2, 0.25) is 5.91 Å². The Morgan fingerprint density at radius 1 is 1.00 bits per heavy atom. The molecule has 5 heteroatoms. The van der Waals surface area contributed by atoms with Gasteiger partial charge in [-0.05, 0) is 42.9 Å². The number of likely N-dealkylation sites (tertiary alicyclic amines) is 1. The lowest BCUT2D eigenvalue weighted by molar-refractivity contribution is -0.126. The zero-order valence-electron chi connectivity index (χ0n) is 17.4. The predicted octanol–water partition coefficient (Wildman–Crippen LogP) is 4.05. The molecule has 29 heavy (non-hydrogen) atoms. The first kappa shape index (κ1) is 20.9. The lowest BCUT2D eigenvalue weighted by Crippen LogP contribution is -2.47. The standard InChI is InChI=1S/C24H31N3O2/c1-3-19-9-11-21(12-10-19)18(2)26-24(29)27-15-13-22(14-16-27)23(28)25-17-20-7-5-4-6-8-20/h4-12,18,22H,3,13-17H2,1-2H3,(H,25,28)(H,26,29). The monoisotopic (exact) mass is 393 g/mol. The predicted molar refractivity (Wildman–Crippen MR) is 115 cm³/mol. The lowest BCUT2D eigenvalue weighted by atomic mass is 9.96. The number of nitrogens with one attached hydrogen (secondary N) is 2. The molecule has 0 aliphatic carbocycles. The van der Waals surface area contributed by atoms with Gasteiger partial charge >= 0.3 is 6.03 Å². The molecule has 0 aromatic heterocycles. The Balaban J connectivity index is 1.43. The minimum Gasteiger partial charge on any atom is -0.352 e. The molecule has 154 valence electrons. The topological polar surface area (TPSA) is 61.4 Å². The van der Waals surface area contributed by atoms with Gasteiger partial charge in [-0.15, -0.1) is 0 Å². The van der Waals surface area contributed by atoms with Crippen molar-refractivity contribution < 1.29 is 9.59 Å². The Labute approximate surface area is 173 Å². The molecular formula is C24H31N3O2. The lowest BCUT2D eigenvalue weighted by Gasteiger charge is -2.32. The number of hydrogen-bond donors (Lipinski definition) is 2. The van der Waals surface area contributed by atoms with Crippen molar-refractivity contribution in [2.45, 2.75) is 45.7 Å². The van der Waals surface area contributed by atoms with Crippen molar-refractivity contribution in [3.05, 3.63) is 71.3 Å². The molecule has 1 aliphatic rings. The van der Waals surface area contributed by atoms with E-state index in [1.54, 1.807) is 0 Å². The number of piperidine rings is 1. The van der Waals surface area contributed by atoms with Gasteiger partial charge in [0.25, 0.3) is 0 Å². The first-order valence-corrected chi connectivity index (χ1v) is 10.5. The summed E-state index contributed by atoms with van der Waals surface area (Å²) in [5.41, 5.74) is 3.49. The third kappa shape index (κ3) is 5.83. The van der Waals surface area contributed by atoms with E-state index in [0.29, 0.717) is 32.5 Å². The maximum Gasteiger partial charge on any atom is 0.317 e. The maximum atomic E-state index is 12.6. The van der Waals surface area contributed by atoms with Crippen LogP contribution in [0.1, 0.15) is 49.4 Å². The van der Waals surface area contributed by atoms with Crippen LogP contribution in [-0.2, 0) is 17.8 Å². The highest BCUT2D eigenvalue weighted by Gasteiger charge is 2.27. The van der Waals surface area contributed by atoms with Crippen molar-refractivity contribution >= 4 is 11.9 Å². The van der Waals surface area contributed by atoms with E-state index >= 15 is 0 Å². The molecule has 1 fully saturated rings. The largest absolute Gasteiger partial charge is 0.352 e. The molecule has 0 saturated carbocycles. The van der Waals surface area contributed by atoms with Crippen molar-refractivity contribution in [2.75, 3.05) is 13.1 Å². The minimum atomic E-state index is -0.0554. The van der Waals surface area contributed by atoms with Gasteiger partial charge in [-0.1, -0.05) is 61.5 Å². The van der Waals surface area contributed by atoms with Crippen LogP contribution >= 0.6 is 0 Å². The van der Waals surface area contributed by atoms with E-state index in [0.717, 1.165) is 17.5 Å². The van der Waals surface area contributed by atoms with Crippen LogP contribution in [0, 0.1) is 5.92 Å². The summed E-state index contributed by atoms with van der Waals surface area (Å²) in [7, 11) is 0. The highest BCUT2D eigenvalue weighted by molar-refractivity contribution is 5.79. The second-order valence-corrected chi connectivity index (χ2v) is 7.73. The number of amides is 3. The van der Waals surface area contributed by atoms with E-state index in [2.05, 4.69) is 41.8 Å². The van der Waals surface area contributed by atoms with Crippen molar-refractivity contribution in [3.63, 3.8) is 0 Å². The summed E-state index contributed by atoms with van der Waals surface area (Å²) in [6.07, 6.45) is 2.41. The number of rotatable bonds is 6. The number of aryl methyl sites for hydroxylation is 1. The van der Waals surface area contributed by atoms with E-state index in [-0.39, 0.29) is 23.9 Å². The van der Waals surface area contributed by atoms with Crippen LogP contribution in [0.25, 0.3) is 0 Å². The summed E-state index contributed by atoms with van der Waals surface area (Å²) in [5, 5.41) is 6.10. The second-order valence-electron chi connectivity index (χ2n) is 7.73. The Morgan fingerprint density at radius 3 is 2.28 bits per heavy atom. The fraction of sp³-hybridized carbons (Fsp3) is 0.417. The third-order valence-corrected chi connectivity index (χ3v) is 5.69. The van der Waals surface area contributed by atoms with Gasteiger partial charge in [-0.25, -0.2) is 4.79 Å². The van der Waals surface area contributed by atoms with Gasteiger partial charge in [0, 0.05) is 25.6 Å². The summed E-state index contributed by atoms with van der Waals surface area (Å²) in [4.78, 5) is 26.9. The summed E-state index contributed by atoms with van der Waals surface area (Å²) >= 11 is 0. The average molecular weight is 394 g/mol. The Hall–Kier alpha value is -2.82. The molecule has 3 amide bonds. The van der Waals surface area contributed by atoms with Crippen molar-refractivity contribution in [3.8, 4) is 0 Å². The quantitative estimate of drug-likeness (QED) is 0.778. The van der Waals surface area contributed by atoms with Crippen LogP contribution in [0.3, 0.4) is 0 Å². The molecule has 3 rings (SSSR count). The normalized spacial score (nSPS) is 15.6. The molecule has 1 aliphatic heterocycles. The van der Waals surface area contributed by atoms with Crippen molar-refractivity contribution in [2.24, 2.45) is 5.92 Å². The summed E-state index contributed by atoms with van der Waals surface area (Å²) in [6.45, 7) is 5.90. The number of urea groups is 1. The fourth-order valence-corrected chi connectivity index (χ4v) is 3.68. The van der Waals surface area contributed by atoms with Crippen LogP contribution in [0.15, 0.2) is 54.6 Å². The smallest absolute Gasteiger partial charge is 0.317 e. The molecule has 0 spiro atoms. The molecule has 5 nitrogen and oxygen atoms in total. The van der Waals surface area contributed by atoms with Crippen LogP contribution < -0.4 is 10.6 Å². The van der Waals surface area contributed by atoms with Crippen LogP contribution in [0.5, 0.6) is 0 Å². The summed E-state index contributed by atoms with van der Waals surface area (Å²) in [5.74, 6) is 0.0556. The number of hydrogen-bond acceptors (Lipinski definition) is 2. The maximum absolute atomic E-state index is 12.6.